The van der Waals surface area contributed by atoms with Gasteiger partial charge in [0.05, 0.1) is 11.4 Å². The van der Waals surface area contributed by atoms with Crippen LogP contribution in [0.1, 0.15) is 36.7 Å². The summed E-state index contributed by atoms with van der Waals surface area (Å²) in [6, 6.07) is 8.35. The summed E-state index contributed by atoms with van der Waals surface area (Å²) in [5.74, 6) is 1.30. The second kappa shape index (κ2) is 4.72. The highest BCUT2D eigenvalue weighted by atomic mass is 15.0. The van der Waals surface area contributed by atoms with Gasteiger partial charge in [0.15, 0.2) is 0 Å². The molecule has 0 aliphatic rings. The molecule has 3 nitrogen and oxygen atoms in total. The Morgan fingerprint density at radius 2 is 1.88 bits per heavy atom. The average Bonchev–Trinajstić information content (AvgIpc) is 2.74. The molecule has 1 heterocycles. The van der Waals surface area contributed by atoms with Gasteiger partial charge in [-0.3, -0.25) is 0 Å². The van der Waals surface area contributed by atoms with E-state index in [1.807, 2.05) is 0 Å². The van der Waals surface area contributed by atoms with Crippen LogP contribution in [-0.2, 0) is 6.54 Å². The lowest BCUT2D eigenvalue weighted by Crippen LogP contribution is -2.02. The van der Waals surface area contributed by atoms with Crippen LogP contribution in [0.2, 0.25) is 0 Å². The van der Waals surface area contributed by atoms with Crippen LogP contribution in [-0.4, -0.2) is 9.97 Å². The largest absolute Gasteiger partial charge is 0.341 e. The predicted octanol–water partition coefficient (Wildman–Crippen LogP) is 2.97. The summed E-state index contributed by atoms with van der Waals surface area (Å²) >= 11 is 0. The average molecular weight is 229 g/mol. The normalized spacial score (nSPS) is 11.1. The van der Waals surface area contributed by atoms with Crippen molar-refractivity contribution >= 4 is 0 Å². The number of aryl methyl sites for hydroxylation is 1. The van der Waals surface area contributed by atoms with Crippen molar-refractivity contribution < 1.29 is 0 Å². The molecule has 90 valence electrons. The van der Waals surface area contributed by atoms with Gasteiger partial charge in [0, 0.05) is 12.1 Å². The molecule has 0 saturated heterocycles. The Labute approximate surface area is 102 Å². The summed E-state index contributed by atoms with van der Waals surface area (Å²) in [4.78, 5) is 7.96. The number of benzene rings is 1. The fourth-order valence-corrected chi connectivity index (χ4v) is 1.90. The molecular weight excluding hydrogens is 210 g/mol. The zero-order valence-electron chi connectivity index (χ0n) is 10.6. The predicted molar refractivity (Wildman–Crippen MR) is 70.7 cm³/mol. The minimum Gasteiger partial charge on any atom is -0.341 e. The molecule has 0 aliphatic carbocycles. The van der Waals surface area contributed by atoms with Crippen LogP contribution in [0.3, 0.4) is 0 Å². The molecule has 0 radical (unpaired) electrons. The maximum atomic E-state index is 5.73. The Morgan fingerprint density at radius 1 is 1.24 bits per heavy atom. The fourth-order valence-electron chi connectivity index (χ4n) is 1.90. The third kappa shape index (κ3) is 2.39. The highest BCUT2D eigenvalue weighted by Gasteiger charge is 2.12. The molecule has 2 aromatic rings. The van der Waals surface area contributed by atoms with Crippen LogP contribution in [0, 0.1) is 6.92 Å². The van der Waals surface area contributed by atoms with E-state index >= 15 is 0 Å². The van der Waals surface area contributed by atoms with Crippen molar-refractivity contribution in [1.29, 1.82) is 0 Å². The Kier molecular flexibility index (Phi) is 3.29. The molecule has 1 aromatic heterocycles. The van der Waals surface area contributed by atoms with E-state index in [0.717, 1.165) is 22.8 Å². The Balaban J connectivity index is 2.42. The lowest BCUT2D eigenvalue weighted by atomic mass is 10.1. The number of nitrogens with zero attached hydrogens (tertiary/aromatic N) is 1. The molecule has 3 N–H and O–H groups in total. The minimum atomic E-state index is 0.393. The van der Waals surface area contributed by atoms with Crippen LogP contribution in [0.15, 0.2) is 24.3 Å². The zero-order valence-corrected chi connectivity index (χ0v) is 10.6. The van der Waals surface area contributed by atoms with E-state index in [4.69, 9.17) is 5.73 Å². The van der Waals surface area contributed by atoms with Gasteiger partial charge >= 0.3 is 0 Å². The monoisotopic (exact) mass is 229 g/mol. The molecule has 0 fully saturated rings. The standard InChI is InChI=1S/C14H19N3/c1-9(2)13-12(8-15)16-14(17-13)11-6-4-10(3)5-7-11/h4-7,9H,8,15H2,1-3H3,(H,16,17). The number of nitrogens with one attached hydrogen (secondary N) is 1. The van der Waals surface area contributed by atoms with E-state index in [1.54, 1.807) is 0 Å². The topological polar surface area (TPSA) is 54.7 Å². The Bertz CT molecular complexity index is 495. The summed E-state index contributed by atoms with van der Waals surface area (Å²) in [6.45, 7) is 6.85. The molecular formula is C14H19N3. The first-order valence-corrected chi connectivity index (χ1v) is 5.97. The zero-order chi connectivity index (χ0) is 12.4. The van der Waals surface area contributed by atoms with Gasteiger partial charge in [-0.05, 0) is 12.8 Å². The van der Waals surface area contributed by atoms with Gasteiger partial charge in [-0.1, -0.05) is 43.7 Å². The molecule has 0 atom stereocenters. The summed E-state index contributed by atoms with van der Waals surface area (Å²) in [5.41, 5.74) is 10.2. The van der Waals surface area contributed by atoms with Crippen LogP contribution in [0.4, 0.5) is 0 Å². The molecule has 0 bridgehead atoms. The first-order chi connectivity index (χ1) is 8.11. The number of hydrogen-bond donors (Lipinski definition) is 2. The summed E-state index contributed by atoms with van der Waals surface area (Å²) < 4.78 is 0. The van der Waals surface area contributed by atoms with Gasteiger partial charge in [0.2, 0.25) is 0 Å². The number of imidazole rings is 1. The van der Waals surface area contributed by atoms with Gasteiger partial charge in [-0.2, -0.15) is 0 Å². The second-order valence-corrected chi connectivity index (χ2v) is 4.67. The van der Waals surface area contributed by atoms with Gasteiger partial charge < -0.3 is 10.7 Å². The van der Waals surface area contributed by atoms with Gasteiger partial charge in [-0.15, -0.1) is 0 Å². The molecule has 1 aromatic carbocycles. The molecule has 0 unspecified atom stereocenters. The van der Waals surface area contributed by atoms with Crippen molar-refractivity contribution in [3.63, 3.8) is 0 Å². The molecule has 17 heavy (non-hydrogen) atoms. The van der Waals surface area contributed by atoms with Crippen molar-refractivity contribution in [3.05, 3.63) is 41.2 Å². The third-order valence-electron chi connectivity index (χ3n) is 2.89. The first kappa shape index (κ1) is 11.9. The Hall–Kier alpha value is -1.61. The number of hydrogen-bond acceptors (Lipinski definition) is 2. The molecule has 2 rings (SSSR count). The highest BCUT2D eigenvalue weighted by Crippen LogP contribution is 2.23. The van der Waals surface area contributed by atoms with Gasteiger partial charge in [-0.25, -0.2) is 4.98 Å². The quantitative estimate of drug-likeness (QED) is 0.850. The minimum absolute atomic E-state index is 0.393. The van der Waals surface area contributed by atoms with Crippen LogP contribution >= 0.6 is 0 Å². The van der Waals surface area contributed by atoms with Crippen molar-refractivity contribution in [2.75, 3.05) is 0 Å². The van der Waals surface area contributed by atoms with Gasteiger partial charge in [0.25, 0.3) is 0 Å². The summed E-state index contributed by atoms with van der Waals surface area (Å²) in [6.07, 6.45) is 0. The maximum absolute atomic E-state index is 5.73. The van der Waals surface area contributed by atoms with E-state index < -0.39 is 0 Å². The van der Waals surface area contributed by atoms with E-state index in [2.05, 4.69) is 55.0 Å². The number of aromatic amines is 1. The van der Waals surface area contributed by atoms with Crippen molar-refractivity contribution in [3.8, 4) is 11.4 Å². The van der Waals surface area contributed by atoms with Crippen molar-refractivity contribution in [2.24, 2.45) is 5.73 Å². The highest BCUT2D eigenvalue weighted by molar-refractivity contribution is 5.56. The lowest BCUT2D eigenvalue weighted by Gasteiger charge is -2.01. The molecule has 0 amide bonds. The number of rotatable bonds is 3. The summed E-state index contributed by atoms with van der Waals surface area (Å²) in [7, 11) is 0. The van der Waals surface area contributed by atoms with Crippen molar-refractivity contribution in [1.82, 2.24) is 9.97 Å². The van der Waals surface area contributed by atoms with Crippen molar-refractivity contribution in [2.45, 2.75) is 33.2 Å². The van der Waals surface area contributed by atoms with E-state index in [9.17, 15) is 0 Å². The lowest BCUT2D eigenvalue weighted by molar-refractivity contribution is 0.806. The molecule has 3 heteroatoms. The van der Waals surface area contributed by atoms with E-state index in [0.29, 0.717) is 12.5 Å². The second-order valence-electron chi connectivity index (χ2n) is 4.67. The number of aromatic nitrogens is 2. The van der Waals surface area contributed by atoms with Crippen LogP contribution in [0.5, 0.6) is 0 Å². The molecule has 0 saturated carbocycles. The van der Waals surface area contributed by atoms with E-state index in [-0.39, 0.29) is 0 Å². The van der Waals surface area contributed by atoms with Crippen LogP contribution < -0.4 is 5.73 Å². The van der Waals surface area contributed by atoms with Gasteiger partial charge in [0.1, 0.15) is 5.82 Å². The smallest absolute Gasteiger partial charge is 0.137 e. The first-order valence-electron chi connectivity index (χ1n) is 5.97. The number of nitrogens with two attached hydrogens (primary N) is 1. The molecule has 0 spiro atoms. The van der Waals surface area contributed by atoms with Crippen LogP contribution in [0.25, 0.3) is 11.4 Å². The Morgan fingerprint density at radius 3 is 2.35 bits per heavy atom. The van der Waals surface area contributed by atoms with E-state index in [1.165, 1.54) is 5.56 Å². The number of H-pyrrole nitrogens is 1. The third-order valence-corrected chi connectivity index (χ3v) is 2.89. The summed E-state index contributed by atoms with van der Waals surface area (Å²) in [5, 5.41) is 0. The molecule has 0 aliphatic heterocycles. The maximum Gasteiger partial charge on any atom is 0.137 e. The fraction of sp³-hybridized carbons (Fsp3) is 0.357. The SMILES string of the molecule is Cc1ccc(-c2nc(C(C)C)c(CN)[nH]2)cc1.